The first-order valence-electron chi connectivity index (χ1n) is 3.78. The van der Waals surface area contributed by atoms with Gasteiger partial charge < -0.3 is 0 Å². The molecule has 14 heavy (non-hydrogen) atoms. The molecule has 0 saturated carbocycles. The minimum atomic E-state index is -3.64. The number of rotatable bonds is 1. The summed E-state index contributed by atoms with van der Waals surface area (Å²) in [6.45, 7) is 0. The number of carbonyl (C=O) groups excluding carboxylic acids is 1. The topological polar surface area (TPSA) is 63.2 Å². The molecule has 0 bridgehead atoms. The van der Waals surface area contributed by atoms with Gasteiger partial charge in [-0.2, -0.15) is 4.72 Å². The Kier molecular flexibility index (Phi) is 1.92. The van der Waals surface area contributed by atoms with Gasteiger partial charge in [-0.15, -0.1) is 0 Å². The van der Waals surface area contributed by atoms with Crippen LogP contribution in [0.2, 0.25) is 0 Å². The lowest BCUT2D eigenvalue weighted by Gasteiger charge is -2.11. The van der Waals surface area contributed by atoms with Gasteiger partial charge >= 0.3 is 0 Å². The van der Waals surface area contributed by atoms with Crippen LogP contribution in [-0.4, -0.2) is 14.7 Å². The Labute approximate surface area is 85.9 Å². The summed E-state index contributed by atoms with van der Waals surface area (Å²) in [4.78, 5) is 9.13. The average molecular weight is 232 g/mol. The lowest BCUT2D eigenvalue weighted by atomic mass is 10.1. The molecule has 0 radical (unpaired) electrons. The van der Waals surface area contributed by atoms with E-state index in [0.29, 0.717) is 6.29 Å². The fourth-order valence-corrected chi connectivity index (χ4v) is 3.36. The van der Waals surface area contributed by atoms with Gasteiger partial charge in [0, 0.05) is 5.56 Å². The van der Waals surface area contributed by atoms with Crippen molar-refractivity contribution in [2.75, 3.05) is 0 Å². The summed E-state index contributed by atoms with van der Waals surface area (Å²) in [5, 5.41) is 0. The van der Waals surface area contributed by atoms with Crippen molar-refractivity contribution < 1.29 is 13.2 Å². The number of aldehydes is 1. The van der Waals surface area contributed by atoms with Crippen LogP contribution in [-0.2, 0) is 19.8 Å². The Morgan fingerprint density at radius 2 is 2.00 bits per heavy atom. The molecule has 0 fully saturated rings. The fourth-order valence-electron chi connectivity index (χ4n) is 1.39. The van der Waals surface area contributed by atoms with Crippen LogP contribution in [0.15, 0.2) is 29.2 Å². The lowest BCUT2D eigenvalue weighted by molar-refractivity contribution is -0.110. The summed E-state index contributed by atoms with van der Waals surface area (Å²) in [5.41, 5.74) is 0.275. The smallest absolute Gasteiger partial charge is 0.243 e. The molecule has 0 amide bonds. The normalized spacial score (nSPS) is 28.4. The monoisotopic (exact) mass is 231 g/mol. The summed E-state index contributed by atoms with van der Waals surface area (Å²) < 4.78 is 25.0. The zero-order valence-electron chi connectivity index (χ0n) is 6.90. The zero-order chi connectivity index (χ0) is 10.4. The van der Waals surface area contributed by atoms with Crippen molar-refractivity contribution in [2.24, 2.45) is 0 Å². The third kappa shape index (κ3) is 1.17. The molecule has 1 unspecified atom stereocenters. The lowest BCUT2D eigenvalue weighted by Crippen LogP contribution is -2.35. The summed E-state index contributed by atoms with van der Waals surface area (Å²) >= 11 is 5.81. The van der Waals surface area contributed by atoms with E-state index < -0.39 is 15.0 Å². The van der Waals surface area contributed by atoms with E-state index in [0.717, 1.165) is 0 Å². The first-order chi connectivity index (χ1) is 6.49. The van der Waals surface area contributed by atoms with E-state index in [9.17, 15) is 13.2 Å². The molecule has 6 heteroatoms. The van der Waals surface area contributed by atoms with Gasteiger partial charge in [-0.25, -0.2) is 8.42 Å². The Hall–Kier alpha value is -0.910. The minimum absolute atomic E-state index is 0.0575. The SMILES string of the molecule is O=CC1(Cl)NS(=O)(=O)c2ccccc21. The maximum atomic E-state index is 11.5. The fraction of sp³-hybridized carbons (Fsp3) is 0.125. The highest BCUT2D eigenvalue weighted by atomic mass is 35.5. The van der Waals surface area contributed by atoms with Crippen LogP contribution in [0.25, 0.3) is 0 Å². The predicted octanol–water partition coefficient (Wildman–Crippen LogP) is 0.569. The number of benzene rings is 1. The number of fused-ring (bicyclic) bond motifs is 1. The number of hydrogen-bond acceptors (Lipinski definition) is 3. The van der Waals surface area contributed by atoms with Crippen LogP contribution in [0.5, 0.6) is 0 Å². The third-order valence-corrected chi connectivity index (χ3v) is 4.04. The molecule has 0 spiro atoms. The Morgan fingerprint density at radius 1 is 1.36 bits per heavy atom. The van der Waals surface area contributed by atoms with Gasteiger partial charge in [-0.3, -0.25) is 4.79 Å². The van der Waals surface area contributed by atoms with Gasteiger partial charge in [-0.1, -0.05) is 29.8 Å². The molecular formula is C8H6ClNO3S. The second-order valence-electron chi connectivity index (χ2n) is 2.93. The molecule has 1 aromatic carbocycles. The molecule has 4 nitrogen and oxygen atoms in total. The van der Waals surface area contributed by atoms with E-state index in [1.54, 1.807) is 12.1 Å². The number of nitrogens with one attached hydrogen (secondary N) is 1. The second kappa shape index (κ2) is 2.79. The maximum absolute atomic E-state index is 11.5. The highest BCUT2D eigenvalue weighted by molar-refractivity contribution is 7.90. The van der Waals surface area contributed by atoms with Crippen LogP contribution < -0.4 is 4.72 Å². The van der Waals surface area contributed by atoms with Crippen molar-refractivity contribution in [3.05, 3.63) is 29.8 Å². The van der Waals surface area contributed by atoms with Gasteiger partial charge in [-0.05, 0) is 6.07 Å². The van der Waals surface area contributed by atoms with Crippen LogP contribution in [0.4, 0.5) is 0 Å². The minimum Gasteiger partial charge on any atom is -0.299 e. The van der Waals surface area contributed by atoms with Crippen molar-refractivity contribution in [3.63, 3.8) is 0 Å². The van der Waals surface area contributed by atoms with E-state index in [1.165, 1.54) is 12.1 Å². The molecule has 1 aliphatic rings. The van der Waals surface area contributed by atoms with Gasteiger partial charge in [0.15, 0.2) is 11.3 Å². The number of sulfonamides is 1. The molecule has 1 heterocycles. The van der Waals surface area contributed by atoms with Crippen LogP contribution in [0, 0.1) is 0 Å². The van der Waals surface area contributed by atoms with Crippen molar-refractivity contribution in [1.82, 2.24) is 4.72 Å². The summed E-state index contributed by atoms with van der Waals surface area (Å²) in [5.74, 6) is 0. The summed E-state index contributed by atoms with van der Waals surface area (Å²) in [6.07, 6.45) is 0.373. The average Bonchev–Trinajstić information content (AvgIpc) is 2.37. The number of halogens is 1. The van der Waals surface area contributed by atoms with E-state index >= 15 is 0 Å². The third-order valence-electron chi connectivity index (χ3n) is 2.01. The molecule has 2 rings (SSSR count). The molecule has 1 aromatic rings. The first kappa shape index (κ1) is 9.64. The number of alkyl halides is 1. The van der Waals surface area contributed by atoms with E-state index in [-0.39, 0.29) is 10.5 Å². The Balaban J connectivity index is 2.79. The van der Waals surface area contributed by atoms with Gasteiger partial charge in [0.05, 0.1) is 4.90 Å². The molecule has 1 atom stereocenters. The van der Waals surface area contributed by atoms with E-state index in [1.807, 2.05) is 0 Å². The largest absolute Gasteiger partial charge is 0.299 e. The Morgan fingerprint density at radius 3 is 2.64 bits per heavy atom. The van der Waals surface area contributed by atoms with E-state index in [4.69, 9.17) is 11.6 Å². The molecule has 1 N–H and O–H groups in total. The molecule has 0 aliphatic carbocycles. The second-order valence-corrected chi connectivity index (χ2v) is 5.18. The quantitative estimate of drug-likeness (QED) is 0.437. The van der Waals surface area contributed by atoms with Crippen molar-refractivity contribution in [1.29, 1.82) is 0 Å². The van der Waals surface area contributed by atoms with Crippen molar-refractivity contribution in [2.45, 2.75) is 9.89 Å². The molecule has 1 aliphatic heterocycles. The maximum Gasteiger partial charge on any atom is 0.243 e. The van der Waals surface area contributed by atoms with Crippen molar-refractivity contribution >= 4 is 27.9 Å². The first-order valence-corrected chi connectivity index (χ1v) is 5.64. The standard InChI is InChI=1S/C8H6ClNO3S/c9-8(5-11)6-3-1-2-4-7(6)14(12,13)10-8/h1-5,10H. The summed E-state index contributed by atoms with van der Waals surface area (Å²) in [6, 6.07) is 6.12. The van der Waals surface area contributed by atoms with Gasteiger partial charge in [0.1, 0.15) is 0 Å². The molecule has 0 saturated heterocycles. The molecular weight excluding hydrogens is 226 g/mol. The van der Waals surface area contributed by atoms with E-state index in [2.05, 4.69) is 4.72 Å². The predicted molar refractivity (Wildman–Crippen MR) is 50.4 cm³/mol. The van der Waals surface area contributed by atoms with Gasteiger partial charge in [0.2, 0.25) is 10.0 Å². The number of hydrogen-bond donors (Lipinski definition) is 1. The molecule has 74 valence electrons. The van der Waals surface area contributed by atoms with Gasteiger partial charge in [0.25, 0.3) is 0 Å². The highest BCUT2D eigenvalue weighted by Gasteiger charge is 2.45. The van der Waals surface area contributed by atoms with Crippen LogP contribution in [0.3, 0.4) is 0 Å². The summed E-state index contributed by atoms with van der Waals surface area (Å²) in [7, 11) is -3.64. The highest BCUT2D eigenvalue weighted by Crippen LogP contribution is 2.36. The van der Waals surface area contributed by atoms with Crippen LogP contribution >= 0.6 is 11.6 Å². The van der Waals surface area contributed by atoms with Crippen LogP contribution in [0.1, 0.15) is 5.56 Å². The Bertz CT molecular complexity index is 499. The molecule has 0 aromatic heterocycles. The zero-order valence-corrected chi connectivity index (χ0v) is 8.47. The van der Waals surface area contributed by atoms with Crippen molar-refractivity contribution in [3.8, 4) is 0 Å². The number of carbonyl (C=O) groups is 1.